The Morgan fingerprint density at radius 1 is 1.21 bits per heavy atom. The molecule has 2 aliphatic carbocycles. The second-order valence-electron chi connectivity index (χ2n) is 9.79. The van der Waals surface area contributed by atoms with Crippen LogP contribution in [0.25, 0.3) is 22.2 Å². The number of aromatic nitrogens is 1. The maximum Gasteiger partial charge on any atom is 0.293 e. The van der Waals surface area contributed by atoms with E-state index in [9.17, 15) is 10.1 Å². The average molecular weight is 534 g/mol. The largest absolute Gasteiger partial charge is 0.493 e. The van der Waals surface area contributed by atoms with Gasteiger partial charge in [-0.1, -0.05) is 12.1 Å². The SMILES string of the molecule is CC(OC=O)C1CC1.CNc1ccc(-c2c(C#N)c3ccc(OCCC(=N)N)cc3n2CC2CC2)cc1.NN. The van der Waals surface area contributed by atoms with E-state index in [2.05, 4.69) is 44.5 Å². The third-order valence-corrected chi connectivity index (χ3v) is 6.93. The fourth-order valence-electron chi connectivity index (χ4n) is 4.42. The van der Waals surface area contributed by atoms with Crippen LogP contribution in [0.15, 0.2) is 42.5 Å². The summed E-state index contributed by atoms with van der Waals surface area (Å²) in [4.78, 5) is 9.73. The maximum absolute atomic E-state index is 9.97. The molecule has 10 nitrogen and oxygen atoms in total. The van der Waals surface area contributed by atoms with E-state index in [1.165, 1.54) is 25.7 Å². The Labute approximate surface area is 229 Å². The van der Waals surface area contributed by atoms with E-state index in [0.717, 1.165) is 40.1 Å². The van der Waals surface area contributed by atoms with Crippen LogP contribution in [0.3, 0.4) is 0 Å². The Kier molecular flexibility index (Phi) is 10.7. The van der Waals surface area contributed by atoms with Crippen molar-refractivity contribution >= 4 is 28.9 Å². The number of ether oxygens (including phenoxy) is 2. The Morgan fingerprint density at radius 3 is 2.44 bits per heavy atom. The van der Waals surface area contributed by atoms with Crippen molar-refractivity contribution in [2.75, 3.05) is 19.0 Å². The van der Waals surface area contributed by atoms with Crippen LogP contribution in [0.2, 0.25) is 0 Å². The molecule has 2 fully saturated rings. The molecule has 10 heteroatoms. The number of nitrogens with two attached hydrogens (primary N) is 3. The predicted molar refractivity (Wildman–Crippen MR) is 154 cm³/mol. The first-order valence-corrected chi connectivity index (χ1v) is 13.2. The van der Waals surface area contributed by atoms with Gasteiger partial charge in [-0.15, -0.1) is 0 Å². The number of nitrogens with zero attached hydrogens (tertiary/aromatic N) is 2. The van der Waals surface area contributed by atoms with E-state index in [4.69, 9.17) is 15.9 Å². The summed E-state index contributed by atoms with van der Waals surface area (Å²) in [5, 5.41) is 21.4. The quantitative estimate of drug-likeness (QED) is 0.0803. The summed E-state index contributed by atoms with van der Waals surface area (Å²) < 4.78 is 12.8. The molecule has 0 aliphatic heterocycles. The van der Waals surface area contributed by atoms with E-state index < -0.39 is 0 Å². The van der Waals surface area contributed by atoms with Gasteiger partial charge in [-0.25, -0.2) is 0 Å². The van der Waals surface area contributed by atoms with E-state index >= 15 is 0 Å². The molecule has 1 aromatic heterocycles. The number of hydrogen-bond acceptors (Lipinski definition) is 8. The monoisotopic (exact) mass is 533 g/mol. The van der Waals surface area contributed by atoms with E-state index in [-0.39, 0.29) is 11.9 Å². The third kappa shape index (κ3) is 7.96. The van der Waals surface area contributed by atoms with Crippen LogP contribution in [0.1, 0.15) is 44.6 Å². The van der Waals surface area contributed by atoms with Crippen LogP contribution >= 0.6 is 0 Å². The number of hydrazine groups is 1. The van der Waals surface area contributed by atoms with E-state index in [0.29, 0.717) is 36.9 Å². The number of hydrogen-bond donors (Lipinski definition) is 5. The van der Waals surface area contributed by atoms with Gasteiger partial charge in [-0.2, -0.15) is 5.26 Å². The van der Waals surface area contributed by atoms with Crippen molar-refractivity contribution in [3.63, 3.8) is 0 Å². The van der Waals surface area contributed by atoms with Crippen LogP contribution < -0.4 is 27.5 Å². The van der Waals surface area contributed by atoms with E-state index in [1.807, 2.05) is 44.3 Å². The Morgan fingerprint density at radius 2 is 1.90 bits per heavy atom. The molecule has 0 radical (unpaired) electrons. The maximum atomic E-state index is 9.97. The van der Waals surface area contributed by atoms with Gasteiger partial charge in [0.15, 0.2) is 0 Å². The number of amidine groups is 1. The molecular formula is C29H39N7O3. The molecule has 0 saturated heterocycles. The number of benzene rings is 2. The number of nitrogens with one attached hydrogen (secondary N) is 2. The molecule has 1 atom stereocenters. The van der Waals surface area contributed by atoms with Crippen LogP contribution in [-0.4, -0.2) is 36.6 Å². The van der Waals surface area contributed by atoms with Crippen LogP contribution in [0, 0.1) is 28.6 Å². The van der Waals surface area contributed by atoms with Gasteiger partial charge in [0, 0.05) is 37.2 Å². The van der Waals surface area contributed by atoms with Gasteiger partial charge >= 0.3 is 0 Å². The van der Waals surface area contributed by atoms with E-state index in [1.54, 1.807) is 0 Å². The van der Waals surface area contributed by atoms with Crippen molar-refractivity contribution in [2.24, 2.45) is 29.3 Å². The Hall–Kier alpha value is -4.07. The van der Waals surface area contributed by atoms with Gasteiger partial charge in [0.2, 0.25) is 0 Å². The zero-order valence-electron chi connectivity index (χ0n) is 22.7. The standard InChI is InChI=1S/C23H25N5O.C6H10O2.H4N2/c1-27-17-6-4-16(5-7-17)23-20(13-24)19-9-8-18(29-11-10-22(25)26)12-21(19)28(23)14-15-2-3-15;1-5(8-4-7)6-2-3-6;1-2/h4-9,12,15,27H,2-3,10-11,14H2,1H3,(H3,25,26);4-6H,2-3H2,1H3;1-2H2. The van der Waals surface area contributed by atoms with Crippen LogP contribution in [0.5, 0.6) is 5.75 Å². The molecule has 39 heavy (non-hydrogen) atoms. The third-order valence-electron chi connectivity index (χ3n) is 6.93. The highest BCUT2D eigenvalue weighted by Gasteiger charge is 2.29. The fourth-order valence-corrected chi connectivity index (χ4v) is 4.42. The zero-order chi connectivity index (χ0) is 28.4. The van der Waals surface area contributed by atoms with Crippen molar-refractivity contribution in [1.82, 2.24) is 4.57 Å². The normalized spacial score (nSPS) is 14.5. The number of anilines is 1. The van der Waals surface area contributed by atoms with Crippen molar-refractivity contribution in [3.8, 4) is 23.1 Å². The summed E-state index contributed by atoms with van der Waals surface area (Å²) in [7, 11) is 1.90. The molecule has 2 aromatic carbocycles. The molecule has 8 N–H and O–H groups in total. The lowest BCUT2D eigenvalue weighted by Crippen LogP contribution is -2.13. The minimum atomic E-state index is 0.113. The number of carbonyl (C=O) groups is 1. The highest BCUT2D eigenvalue weighted by molar-refractivity contribution is 5.95. The molecule has 208 valence electrons. The highest BCUT2D eigenvalue weighted by Crippen LogP contribution is 2.39. The highest BCUT2D eigenvalue weighted by atomic mass is 16.5. The Bertz CT molecular complexity index is 1290. The number of rotatable bonds is 11. The van der Waals surface area contributed by atoms with Crippen LogP contribution in [-0.2, 0) is 16.1 Å². The number of nitriles is 1. The Balaban J connectivity index is 0.000000357. The molecule has 2 saturated carbocycles. The minimum Gasteiger partial charge on any atom is -0.493 e. The van der Waals surface area contributed by atoms with Gasteiger partial charge in [0.05, 0.1) is 29.2 Å². The molecule has 0 amide bonds. The molecule has 0 bridgehead atoms. The molecule has 3 aromatic rings. The van der Waals surface area contributed by atoms with Gasteiger partial charge in [0.1, 0.15) is 17.9 Å². The summed E-state index contributed by atoms with van der Waals surface area (Å²) in [6, 6.07) is 16.5. The zero-order valence-corrected chi connectivity index (χ0v) is 22.7. The van der Waals surface area contributed by atoms with Crippen molar-refractivity contribution < 1.29 is 14.3 Å². The molecular weight excluding hydrogens is 494 g/mol. The summed E-state index contributed by atoms with van der Waals surface area (Å²) in [6.45, 7) is 3.74. The first kappa shape index (κ1) is 29.5. The molecule has 1 heterocycles. The minimum absolute atomic E-state index is 0.113. The topological polar surface area (TPSA) is 178 Å². The molecule has 2 aliphatic rings. The van der Waals surface area contributed by atoms with Crippen molar-refractivity contribution in [2.45, 2.75) is 51.7 Å². The summed E-state index contributed by atoms with van der Waals surface area (Å²) in [5.41, 5.74) is 10.2. The van der Waals surface area contributed by atoms with Crippen molar-refractivity contribution in [3.05, 3.63) is 48.0 Å². The molecule has 1 unspecified atom stereocenters. The summed E-state index contributed by atoms with van der Waals surface area (Å²) in [6.07, 6.45) is 5.48. The first-order chi connectivity index (χ1) is 18.9. The lowest BCUT2D eigenvalue weighted by Gasteiger charge is -2.12. The van der Waals surface area contributed by atoms with Crippen molar-refractivity contribution in [1.29, 1.82) is 10.7 Å². The van der Waals surface area contributed by atoms with Gasteiger partial charge in [0.25, 0.3) is 6.47 Å². The lowest BCUT2D eigenvalue weighted by atomic mass is 10.1. The second-order valence-corrected chi connectivity index (χ2v) is 9.79. The number of fused-ring (bicyclic) bond motifs is 1. The first-order valence-electron chi connectivity index (χ1n) is 13.2. The molecule has 0 spiro atoms. The average Bonchev–Trinajstić information content (AvgIpc) is 3.88. The molecule has 5 rings (SSSR count). The fraction of sp³-hybridized carbons (Fsp3) is 0.414. The smallest absolute Gasteiger partial charge is 0.293 e. The second kappa shape index (κ2) is 14.2. The van der Waals surface area contributed by atoms with Crippen LogP contribution in [0.4, 0.5) is 5.69 Å². The number of carbonyl (C=O) groups excluding carboxylic acids is 1. The summed E-state index contributed by atoms with van der Waals surface area (Å²) >= 11 is 0. The van der Waals surface area contributed by atoms with Gasteiger partial charge < -0.3 is 25.1 Å². The van der Waals surface area contributed by atoms with Gasteiger partial charge in [-0.05, 0) is 74.3 Å². The van der Waals surface area contributed by atoms with Gasteiger partial charge in [-0.3, -0.25) is 21.9 Å². The summed E-state index contributed by atoms with van der Waals surface area (Å²) in [5.74, 6) is 10.2. The predicted octanol–water partition coefficient (Wildman–Crippen LogP) is 4.11. The lowest BCUT2D eigenvalue weighted by molar-refractivity contribution is -0.133.